The molecular formula is C29H44N7O7P. The summed E-state index contributed by atoms with van der Waals surface area (Å²) in [5.74, 6) is 3.81. The number of aromatic amines is 1. The first-order chi connectivity index (χ1) is 20.8. The molecule has 0 aromatic heterocycles. The largest absolute Gasteiger partial charge is 0.377 e. The van der Waals surface area contributed by atoms with Crippen molar-refractivity contribution >= 4 is 35.8 Å². The van der Waals surface area contributed by atoms with Crippen LogP contribution in [-0.4, -0.2) is 81.2 Å². The van der Waals surface area contributed by atoms with Crippen molar-refractivity contribution in [2.45, 2.75) is 78.2 Å². The summed E-state index contributed by atoms with van der Waals surface area (Å²) in [7, 11) is 0.400. The second kappa shape index (κ2) is 14.9. The topological polar surface area (TPSA) is 183 Å². The molecule has 0 spiro atoms. The Morgan fingerprint density at radius 3 is 2.27 bits per heavy atom. The van der Waals surface area contributed by atoms with Crippen LogP contribution in [0.15, 0.2) is 21.7 Å². The van der Waals surface area contributed by atoms with Gasteiger partial charge in [-0.3, -0.25) is 9.78 Å². The van der Waals surface area contributed by atoms with Gasteiger partial charge >= 0.3 is 17.6 Å². The summed E-state index contributed by atoms with van der Waals surface area (Å²) in [6, 6.07) is 3.87. The summed E-state index contributed by atoms with van der Waals surface area (Å²) in [5.41, 5.74) is -0.0546. The lowest BCUT2D eigenvalue weighted by atomic mass is 10.1. The number of carbonyl (C=O) groups excluding carboxylic acids is 2. The van der Waals surface area contributed by atoms with E-state index in [1.165, 1.54) is 18.9 Å². The molecule has 0 amide bonds. The number of hydroxylamine groups is 2. The molecule has 0 aliphatic carbocycles. The summed E-state index contributed by atoms with van der Waals surface area (Å²) >= 11 is 0. The predicted molar refractivity (Wildman–Crippen MR) is 169 cm³/mol. The third-order valence-corrected chi connectivity index (χ3v) is 12.1. The summed E-state index contributed by atoms with van der Waals surface area (Å²) < 4.78 is 16.0. The average molecular weight is 634 g/mol. The first-order valence-electron chi connectivity index (χ1n) is 14.9. The number of nitrogens with one attached hydrogen (secondary N) is 1. The molecule has 2 heterocycles. The second-order valence-electron chi connectivity index (χ2n) is 11.1. The Balaban J connectivity index is 1.79. The van der Waals surface area contributed by atoms with Gasteiger partial charge in [0.1, 0.15) is 18.5 Å². The Morgan fingerprint density at radius 2 is 1.66 bits per heavy atom. The molecule has 1 aromatic rings. The number of hydrogen-bond donors (Lipinski definition) is 2. The van der Waals surface area contributed by atoms with Crippen molar-refractivity contribution < 1.29 is 23.8 Å². The molecule has 242 valence electrons. The van der Waals surface area contributed by atoms with Crippen LogP contribution in [0, 0.1) is 6.92 Å². The first-order valence-corrected chi connectivity index (χ1v) is 16.9. The van der Waals surface area contributed by atoms with Crippen molar-refractivity contribution in [2.75, 3.05) is 38.2 Å². The highest BCUT2D eigenvalue weighted by atomic mass is 31.2. The van der Waals surface area contributed by atoms with Gasteiger partial charge in [-0.05, 0) is 65.2 Å². The number of carbonyl (C=O) groups is 2. The van der Waals surface area contributed by atoms with Gasteiger partial charge in [0.05, 0.1) is 11.0 Å². The summed E-state index contributed by atoms with van der Waals surface area (Å²) in [5, 5.41) is 1.46. The number of nitrogens with zero attached hydrogens (tertiary/aromatic N) is 5. The Labute approximate surface area is 256 Å². The minimum atomic E-state index is -3.47. The Bertz CT molecular complexity index is 1620. The van der Waals surface area contributed by atoms with E-state index in [1.54, 1.807) is 0 Å². The van der Waals surface area contributed by atoms with E-state index >= 15 is 0 Å². The van der Waals surface area contributed by atoms with E-state index in [0.717, 1.165) is 16.8 Å². The quantitative estimate of drug-likeness (QED) is 0.108. The minimum Gasteiger partial charge on any atom is -0.377 e. The Morgan fingerprint density at radius 1 is 1.02 bits per heavy atom. The van der Waals surface area contributed by atoms with Crippen molar-refractivity contribution in [2.24, 2.45) is 5.90 Å². The van der Waals surface area contributed by atoms with Gasteiger partial charge in [-0.15, -0.1) is 5.06 Å². The molecule has 3 atom stereocenters. The highest BCUT2D eigenvalue weighted by molar-refractivity contribution is 7.67. The lowest BCUT2D eigenvalue weighted by Crippen LogP contribution is -2.36. The van der Waals surface area contributed by atoms with Crippen molar-refractivity contribution in [1.82, 2.24) is 24.6 Å². The summed E-state index contributed by atoms with van der Waals surface area (Å²) in [4.78, 5) is 72.5. The van der Waals surface area contributed by atoms with E-state index in [0.29, 0.717) is 50.8 Å². The van der Waals surface area contributed by atoms with Crippen LogP contribution >= 0.6 is 7.14 Å². The molecule has 2 aliphatic rings. The van der Waals surface area contributed by atoms with E-state index in [9.17, 15) is 23.7 Å². The van der Waals surface area contributed by atoms with Gasteiger partial charge < -0.3 is 23.7 Å². The number of nitrogens with two attached hydrogens (primary N) is 1. The third-order valence-electron chi connectivity index (χ3n) is 8.08. The van der Waals surface area contributed by atoms with Gasteiger partial charge in [-0.2, -0.15) is 10.9 Å². The smallest absolute Gasteiger partial charge is 0.349 e. The molecular weight excluding hydrogens is 589 g/mol. The second-order valence-corrected chi connectivity index (χ2v) is 14.8. The molecule has 0 bridgehead atoms. The highest BCUT2D eigenvalue weighted by Gasteiger charge is 2.44. The molecule has 44 heavy (non-hydrogen) atoms. The average Bonchev–Trinajstić information content (AvgIpc) is 2.99. The van der Waals surface area contributed by atoms with E-state index in [-0.39, 0.29) is 17.7 Å². The number of rotatable bonds is 15. The lowest BCUT2D eigenvalue weighted by Gasteiger charge is -2.29. The van der Waals surface area contributed by atoms with Gasteiger partial charge in [-0.1, -0.05) is 12.8 Å². The number of aryl methyl sites for hydroxylation is 2. The fourth-order valence-electron chi connectivity index (χ4n) is 5.36. The summed E-state index contributed by atoms with van der Waals surface area (Å²) in [6.07, 6.45) is 2.62. The van der Waals surface area contributed by atoms with Crippen molar-refractivity contribution in [1.29, 1.82) is 0 Å². The molecule has 14 nitrogen and oxygen atoms in total. The van der Waals surface area contributed by atoms with Crippen LogP contribution in [0.5, 0.6) is 0 Å². The zero-order chi connectivity index (χ0) is 32.8. The minimum absolute atomic E-state index is 0.0846. The molecule has 0 radical (unpaired) electrons. The number of unbranched alkanes of at least 4 members (excludes halogenated alkanes) is 3. The maximum absolute atomic E-state index is 14.2. The zero-order valence-corrected chi connectivity index (χ0v) is 27.5. The van der Waals surface area contributed by atoms with E-state index in [4.69, 9.17) is 10.7 Å². The SMILES string of the molecule is CCN(CC)OC(=O)[C@H](C)P(=O)(CCCCCCn1c2nc(=O)[nH]c(=O)c-2nc2cc(C)c(N(C)C)cc21)[C@@H](C)C(=O)ON. The van der Waals surface area contributed by atoms with E-state index in [2.05, 4.69) is 19.8 Å². The lowest BCUT2D eigenvalue weighted by molar-refractivity contribution is -0.187. The van der Waals surface area contributed by atoms with Gasteiger partial charge in [0.25, 0.3) is 5.56 Å². The van der Waals surface area contributed by atoms with Crippen LogP contribution in [0.25, 0.3) is 22.6 Å². The van der Waals surface area contributed by atoms with Gasteiger partial charge in [-0.25, -0.2) is 19.4 Å². The number of H-pyrrole nitrogens is 1. The van der Waals surface area contributed by atoms with Crippen LogP contribution in [0.2, 0.25) is 0 Å². The molecule has 0 saturated carbocycles. The molecule has 1 aromatic carbocycles. The van der Waals surface area contributed by atoms with Gasteiger partial charge in [0.2, 0.25) is 0 Å². The standard InChI is InChI=1S/C29H44N7O7P/c1-8-35(9-2)43-28(39)20(5)44(41,19(4)27(38)42-30)15-13-11-10-12-14-36-23-17-22(34(6)7)18(3)16-21(23)31-24-25(36)32-29(40)33-26(24)37/h16-17,19-20H,8-15,30H2,1-7H3,(H,33,37,40)/t19-,20-,44?/m0/s1. The third kappa shape index (κ3) is 7.54. The molecule has 15 heteroatoms. The highest BCUT2D eigenvalue weighted by Crippen LogP contribution is 2.56. The molecule has 0 fully saturated rings. The van der Waals surface area contributed by atoms with Crippen molar-refractivity contribution in [3.63, 3.8) is 0 Å². The normalized spacial score (nSPS) is 14.4. The number of hydrogen-bond acceptors (Lipinski definition) is 12. The number of anilines is 1. The molecule has 2 aliphatic heterocycles. The number of fused-ring (bicyclic) bond motifs is 2. The van der Waals surface area contributed by atoms with E-state index < -0.39 is 41.6 Å². The van der Waals surface area contributed by atoms with E-state index in [1.807, 2.05) is 56.5 Å². The molecule has 3 N–H and O–H groups in total. The Kier molecular flexibility index (Phi) is 11.8. The summed E-state index contributed by atoms with van der Waals surface area (Å²) in [6.45, 7) is 10.0. The van der Waals surface area contributed by atoms with Crippen LogP contribution in [0.3, 0.4) is 0 Å². The maximum Gasteiger partial charge on any atom is 0.349 e. The molecule has 1 unspecified atom stereocenters. The number of benzene rings is 1. The Hall–Kier alpha value is -3.61. The number of aromatic nitrogens is 4. The van der Waals surface area contributed by atoms with Crippen LogP contribution in [-0.2, 0) is 30.4 Å². The van der Waals surface area contributed by atoms with Crippen LogP contribution < -0.4 is 22.0 Å². The monoisotopic (exact) mass is 633 g/mol. The van der Waals surface area contributed by atoms with Crippen LogP contribution in [0.4, 0.5) is 5.69 Å². The van der Waals surface area contributed by atoms with Crippen molar-refractivity contribution in [3.8, 4) is 11.5 Å². The van der Waals surface area contributed by atoms with Gasteiger partial charge in [0.15, 0.2) is 11.5 Å². The zero-order valence-electron chi connectivity index (χ0n) is 26.6. The predicted octanol–water partition coefficient (Wildman–Crippen LogP) is 2.88. The fourth-order valence-corrected chi connectivity index (χ4v) is 8.34. The first kappa shape index (κ1) is 34.9. The maximum atomic E-state index is 14.2. The van der Waals surface area contributed by atoms with Gasteiger partial charge in [0, 0.05) is 45.6 Å². The molecule has 3 rings (SSSR count). The van der Waals surface area contributed by atoms with Crippen LogP contribution in [0.1, 0.15) is 58.9 Å². The van der Waals surface area contributed by atoms with Crippen molar-refractivity contribution in [3.05, 3.63) is 38.5 Å². The molecule has 0 saturated heterocycles. The fraction of sp³-hybridized carbons (Fsp3) is 0.586.